The molecule has 0 unspecified atom stereocenters. The first-order valence-corrected chi connectivity index (χ1v) is 12.9. The number of hydrogen-bond donors (Lipinski definition) is 4. The molecule has 5 rings (SSSR count). The average molecular weight is 531 g/mol. The van der Waals surface area contributed by atoms with Crippen LogP contribution in [0.15, 0.2) is 73.3 Å². The number of imidazole rings is 1. The lowest BCUT2D eigenvalue weighted by Crippen LogP contribution is -2.33. The van der Waals surface area contributed by atoms with Crippen LogP contribution in [-0.2, 0) is 9.53 Å². The van der Waals surface area contributed by atoms with Crippen LogP contribution < -0.4 is 10.6 Å². The second kappa shape index (κ2) is 11.7. The topological polar surface area (TPSA) is 151 Å². The molecule has 5 atom stereocenters. The normalized spacial score (nSPS) is 21.5. The zero-order valence-corrected chi connectivity index (χ0v) is 21.3. The van der Waals surface area contributed by atoms with Gasteiger partial charge in [-0.2, -0.15) is 0 Å². The number of aliphatic hydroxyl groups excluding tert-OH is 2. The second-order valence-corrected chi connectivity index (χ2v) is 9.39. The molecule has 2 aromatic heterocycles. The highest BCUT2D eigenvalue weighted by Crippen LogP contribution is 2.34. The van der Waals surface area contributed by atoms with Crippen LogP contribution in [0.25, 0.3) is 11.2 Å². The van der Waals surface area contributed by atoms with E-state index in [0.29, 0.717) is 16.7 Å². The van der Waals surface area contributed by atoms with Crippen molar-refractivity contribution in [2.45, 2.75) is 56.8 Å². The van der Waals surface area contributed by atoms with E-state index in [1.165, 1.54) is 17.2 Å². The van der Waals surface area contributed by atoms with E-state index in [9.17, 15) is 19.8 Å². The van der Waals surface area contributed by atoms with Crippen LogP contribution in [0.2, 0.25) is 0 Å². The highest BCUT2D eigenvalue weighted by atomic mass is 16.6. The van der Waals surface area contributed by atoms with Gasteiger partial charge in [0.25, 0.3) is 5.91 Å². The summed E-state index contributed by atoms with van der Waals surface area (Å²) in [5.41, 5.74) is 2.11. The molecule has 1 fully saturated rings. The first-order chi connectivity index (χ1) is 19.0. The molecule has 2 aromatic carbocycles. The van der Waals surface area contributed by atoms with Crippen molar-refractivity contribution in [3.8, 4) is 0 Å². The molecule has 4 aromatic rings. The summed E-state index contributed by atoms with van der Waals surface area (Å²) < 4.78 is 7.48. The highest BCUT2D eigenvalue weighted by molar-refractivity contribution is 6.06. The minimum atomic E-state index is -1.28. The van der Waals surface area contributed by atoms with Gasteiger partial charge in [-0.25, -0.2) is 15.0 Å². The number of nitrogens with zero attached hydrogens (tertiary/aromatic N) is 4. The van der Waals surface area contributed by atoms with Gasteiger partial charge < -0.3 is 25.6 Å². The molecule has 1 aliphatic rings. The standard InChI is InChI=1S/C28H30N6O5/c1-2-19(17-9-5-3-6-10-17)32-21(35)14-13-20-23(36)24(37)28(39-20)34-16-31-22-25(29-15-30-26(22)34)33-27(38)18-11-7-4-8-12-18/h3-12,15-16,19-20,23-24,28,36-37H,2,13-14H2,1H3,(H,32,35)(H,29,30,33,38)/t19-,20+,23+,24+,28+/m0/s1. The Hall–Kier alpha value is -4.19. The number of aromatic nitrogens is 4. The number of rotatable bonds is 9. The number of carbonyl (C=O) groups is 2. The summed E-state index contributed by atoms with van der Waals surface area (Å²) in [6.45, 7) is 2.00. The van der Waals surface area contributed by atoms with Gasteiger partial charge in [0.05, 0.1) is 18.5 Å². The van der Waals surface area contributed by atoms with Crippen molar-refractivity contribution in [3.05, 3.63) is 84.4 Å². The fourth-order valence-electron chi connectivity index (χ4n) is 4.74. The van der Waals surface area contributed by atoms with Gasteiger partial charge in [-0.15, -0.1) is 0 Å². The van der Waals surface area contributed by atoms with Gasteiger partial charge in [-0.05, 0) is 30.5 Å². The lowest BCUT2D eigenvalue weighted by molar-refractivity contribution is -0.123. The summed E-state index contributed by atoms with van der Waals surface area (Å²) in [7, 11) is 0. The van der Waals surface area contributed by atoms with Gasteiger partial charge in [0.1, 0.15) is 18.5 Å². The van der Waals surface area contributed by atoms with E-state index in [4.69, 9.17) is 4.74 Å². The number of amides is 2. The Morgan fingerprint density at radius 3 is 2.44 bits per heavy atom. The zero-order valence-electron chi connectivity index (χ0n) is 21.3. The molecule has 39 heavy (non-hydrogen) atoms. The second-order valence-electron chi connectivity index (χ2n) is 9.39. The van der Waals surface area contributed by atoms with Gasteiger partial charge in [-0.1, -0.05) is 55.5 Å². The van der Waals surface area contributed by atoms with Gasteiger partial charge >= 0.3 is 0 Å². The van der Waals surface area contributed by atoms with Crippen LogP contribution in [0.5, 0.6) is 0 Å². The molecule has 0 aliphatic carbocycles. The van der Waals surface area contributed by atoms with E-state index < -0.39 is 24.5 Å². The number of carbonyl (C=O) groups excluding carboxylic acids is 2. The molecule has 3 heterocycles. The maximum absolute atomic E-state index is 12.7. The third-order valence-corrected chi connectivity index (χ3v) is 6.84. The van der Waals surface area contributed by atoms with E-state index in [0.717, 1.165) is 12.0 Å². The monoisotopic (exact) mass is 530 g/mol. The van der Waals surface area contributed by atoms with Crippen molar-refractivity contribution in [1.29, 1.82) is 0 Å². The summed E-state index contributed by atoms with van der Waals surface area (Å²) in [6.07, 6.45) is -0.490. The number of aliphatic hydroxyl groups is 2. The van der Waals surface area contributed by atoms with Gasteiger partial charge in [0.15, 0.2) is 23.2 Å². The fraction of sp³-hybridized carbons (Fsp3) is 0.321. The Balaban J connectivity index is 1.25. The number of hydrogen-bond acceptors (Lipinski definition) is 8. The van der Waals surface area contributed by atoms with Crippen LogP contribution >= 0.6 is 0 Å². The van der Waals surface area contributed by atoms with E-state index in [-0.39, 0.29) is 36.5 Å². The minimum Gasteiger partial charge on any atom is -0.388 e. The van der Waals surface area contributed by atoms with E-state index in [2.05, 4.69) is 25.6 Å². The predicted octanol–water partition coefficient (Wildman–Crippen LogP) is 2.75. The molecule has 11 heteroatoms. The first kappa shape index (κ1) is 26.4. The smallest absolute Gasteiger partial charge is 0.256 e. The number of ether oxygens (including phenoxy) is 1. The molecular weight excluding hydrogens is 500 g/mol. The summed E-state index contributed by atoms with van der Waals surface area (Å²) >= 11 is 0. The molecule has 0 saturated carbocycles. The summed E-state index contributed by atoms with van der Waals surface area (Å²) in [4.78, 5) is 38.0. The van der Waals surface area contributed by atoms with Crippen LogP contribution in [0.4, 0.5) is 5.82 Å². The van der Waals surface area contributed by atoms with Crippen LogP contribution in [0.1, 0.15) is 54.4 Å². The van der Waals surface area contributed by atoms with Crippen molar-refractivity contribution in [2.75, 3.05) is 5.32 Å². The van der Waals surface area contributed by atoms with Crippen molar-refractivity contribution < 1.29 is 24.5 Å². The molecule has 0 spiro atoms. The van der Waals surface area contributed by atoms with Crippen LogP contribution in [-0.4, -0.2) is 59.9 Å². The lowest BCUT2D eigenvalue weighted by atomic mass is 10.0. The highest BCUT2D eigenvalue weighted by Gasteiger charge is 2.44. The minimum absolute atomic E-state index is 0.111. The SMILES string of the molecule is CC[C@H](NC(=O)CC[C@H]1O[C@@H](n2cnc3c(NC(=O)c4ccccc4)ncnc32)[C@H](O)[C@@H]1O)c1ccccc1. The quantitative estimate of drug-likeness (QED) is 0.258. The Bertz CT molecular complexity index is 1430. The van der Waals surface area contributed by atoms with Crippen molar-refractivity contribution in [2.24, 2.45) is 0 Å². The van der Waals surface area contributed by atoms with E-state index in [1.807, 2.05) is 43.3 Å². The summed E-state index contributed by atoms with van der Waals surface area (Å²) in [6, 6.07) is 18.3. The molecule has 202 valence electrons. The molecule has 4 N–H and O–H groups in total. The Morgan fingerprint density at radius 1 is 1.00 bits per heavy atom. The third kappa shape index (κ3) is 5.65. The maximum Gasteiger partial charge on any atom is 0.256 e. The van der Waals surface area contributed by atoms with Crippen molar-refractivity contribution >= 4 is 28.8 Å². The van der Waals surface area contributed by atoms with Crippen molar-refractivity contribution in [3.63, 3.8) is 0 Å². The zero-order chi connectivity index (χ0) is 27.4. The fourth-order valence-corrected chi connectivity index (χ4v) is 4.74. The Labute approximate surface area is 224 Å². The van der Waals surface area contributed by atoms with Crippen LogP contribution in [0, 0.1) is 0 Å². The largest absolute Gasteiger partial charge is 0.388 e. The summed E-state index contributed by atoms with van der Waals surface area (Å²) in [5, 5.41) is 27.2. The third-order valence-electron chi connectivity index (χ3n) is 6.84. The number of anilines is 1. The molecule has 11 nitrogen and oxygen atoms in total. The lowest BCUT2D eigenvalue weighted by Gasteiger charge is -2.19. The molecular formula is C28H30N6O5. The van der Waals surface area contributed by atoms with E-state index in [1.54, 1.807) is 24.3 Å². The number of fused-ring (bicyclic) bond motifs is 1. The average Bonchev–Trinajstić information content (AvgIpc) is 3.52. The van der Waals surface area contributed by atoms with Crippen molar-refractivity contribution in [1.82, 2.24) is 24.8 Å². The molecule has 1 aliphatic heterocycles. The van der Waals surface area contributed by atoms with Gasteiger partial charge in [0, 0.05) is 12.0 Å². The molecule has 0 bridgehead atoms. The Morgan fingerprint density at radius 2 is 1.72 bits per heavy atom. The number of benzene rings is 2. The van der Waals surface area contributed by atoms with Gasteiger partial charge in [-0.3, -0.25) is 14.2 Å². The molecule has 2 amide bonds. The first-order valence-electron chi connectivity index (χ1n) is 12.9. The van der Waals surface area contributed by atoms with E-state index >= 15 is 0 Å². The molecule has 1 saturated heterocycles. The predicted molar refractivity (Wildman–Crippen MR) is 142 cm³/mol. The van der Waals surface area contributed by atoms with Crippen LogP contribution in [0.3, 0.4) is 0 Å². The maximum atomic E-state index is 12.7. The Kier molecular flexibility index (Phi) is 7.92. The molecule has 0 radical (unpaired) electrons. The number of nitrogens with one attached hydrogen (secondary N) is 2. The van der Waals surface area contributed by atoms with Gasteiger partial charge in [0.2, 0.25) is 5.91 Å². The summed E-state index contributed by atoms with van der Waals surface area (Å²) in [5.74, 6) is -0.314.